The molecule has 3 aromatic rings. The van der Waals surface area contributed by atoms with Crippen LogP contribution in [0.1, 0.15) is 22.7 Å². The molecule has 4 rings (SSSR count). The molecule has 1 aliphatic rings. The third kappa shape index (κ3) is 2.94. The van der Waals surface area contributed by atoms with Crippen LogP contribution < -0.4 is 10.5 Å². The van der Waals surface area contributed by atoms with Crippen LogP contribution in [0.25, 0.3) is 11.1 Å². The van der Waals surface area contributed by atoms with Gasteiger partial charge in [0, 0.05) is 11.8 Å². The fourth-order valence-electron chi connectivity index (χ4n) is 3.40. The lowest BCUT2D eigenvalue weighted by Gasteiger charge is -2.13. The van der Waals surface area contributed by atoms with Crippen LogP contribution >= 0.6 is 0 Å². The van der Waals surface area contributed by atoms with Gasteiger partial charge in [-0.25, -0.2) is 4.99 Å². The van der Waals surface area contributed by atoms with Gasteiger partial charge in [0.1, 0.15) is 11.6 Å². The van der Waals surface area contributed by atoms with Crippen molar-refractivity contribution in [2.45, 2.75) is 19.3 Å². The molecule has 0 radical (unpaired) electrons. The molecule has 4 heteroatoms. The summed E-state index contributed by atoms with van der Waals surface area (Å²) in [6.07, 6.45) is 2.67. The average molecular weight is 343 g/mol. The highest BCUT2D eigenvalue weighted by Crippen LogP contribution is 2.37. The molecule has 2 aromatic carbocycles. The summed E-state index contributed by atoms with van der Waals surface area (Å²) in [4.78, 5) is 9.27. The van der Waals surface area contributed by atoms with Gasteiger partial charge >= 0.3 is 0 Å². The zero-order chi connectivity index (χ0) is 18.1. The first kappa shape index (κ1) is 16.3. The molecule has 2 heterocycles. The SMILES string of the molecule is COc1cc(CC2C(N)=Nc3cc(-c4ccccc4)cnc32)ccc1C. The molecule has 0 amide bonds. The summed E-state index contributed by atoms with van der Waals surface area (Å²) >= 11 is 0. The molecule has 26 heavy (non-hydrogen) atoms. The topological polar surface area (TPSA) is 60.5 Å². The summed E-state index contributed by atoms with van der Waals surface area (Å²) in [5, 5.41) is 0. The fourth-order valence-corrected chi connectivity index (χ4v) is 3.40. The summed E-state index contributed by atoms with van der Waals surface area (Å²) in [7, 11) is 1.69. The largest absolute Gasteiger partial charge is 0.496 e. The maximum atomic E-state index is 6.25. The van der Waals surface area contributed by atoms with E-state index in [1.807, 2.05) is 31.3 Å². The van der Waals surface area contributed by atoms with Crippen molar-refractivity contribution in [1.29, 1.82) is 0 Å². The average Bonchev–Trinajstić information content (AvgIpc) is 2.98. The highest BCUT2D eigenvalue weighted by atomic mass is 16.5. The number of rotatable bonds is 4. The van der Waals surface area contributed by atoms with Crippen molar-refractivity contribution in [3.63, 3.8) is 0 Å². The van der Waals surface area contributed by atoms with Crippen molar-refractivity contribution in [3.05, 3.63) is 77.6 Å². The number of nitrogens with zero attached hydrogens (tertiary/aromatic N) is 2. The van der Waals surface area contributed by atoms with Gasteiger partial charge in [0.25, 0.3) is 0 Å². The normalized spacial score (nSPS) is 15.5. The zero-order valence-electron chi connectivity index (χ0n) is 14.9. The van der Waals surface area contributed by atoms with E-state index in [4.69, 9.17) is 15.5 Å². The monoisotopic (exact) mass is 343 g/mol. The summed E-state index contributed by atoms with van der Waals surface area (Å²) in [5.74, 6) is 1.52. The molecular weight excluding hydrogens is 322 g/mol. The summed E-state index contributed by atoms with van der Waals surface area (Å²) < 4.78 is 5.43. The van der Waals surface area contributed by atoms with E-state index in [0.29, 0.717) is 5.84 Å². The maximum absolute atomic E-state index is 6.25. The molecule has 1 aromatic heterocycles. The molecule has 1 aliphatic heterocycles. The van der Waals surface area contributed by atoms with Gasteiger partial charge in [0.2, 0.25) is 0 Å². The van der Waals surface area contributed by atoms with Gasteiger partial charge in [-0.2, -0.15) is 0 Å². The lowest BCUT2D eigenvalue weighted by Crippen LogP contribution is -2.20. The van der Waals surface area contributed by atoms with Crippen LogP contribution in [-0.4, -0.2) is 17.9 Å². The minimum atomic E-state index is 0.00207. The second kappa shape index (κ2) is 6.64. The predicted molar refractivity (Wildman–Crippen MR) is 105 cm³/mol. The second-order valence-electron chi connectivity index (χ2n) is 6.59. The Bertz CT molecular complexity index is 980. The minimum Gasteiger partial charge on any atom is -0.496 e. The molecule has 0 spiro atoms. The highest BCUT2D eigenvalue weighted by Gasteiger charge is 2.27. The van der Waals surface area contributed by atoms with Gasteiger partial charge in [0.05, 0.1) is 24.4 Å². The first-order valence-electron chi connectivity index (χ1n) is 8.68. The number of pyridine rings is 1. The molecule has 0 bridgehead atoms. The van der Waals surface area contributed by atoms with E-state index in [1.54, 1.807) is 7.11 Å². The van der Waals surface area contributed by atoms with E-state index in [9.17, 15) is 0 Å². The van der Waals surface area contributed by atoms with E-state index >= 15 is 0 Å². The quantitative estimate of drug-likeness (QED) is 0.764. The van der Waals surface area contributed by atoms with Crippen molar-refractivity contribution in [2.24, 2.45) is 10.7 Å². The number of amidine groups is 1. The van der Waals surface area contributed by atoms with E-state index in [0.717, 1.165) is 45.8 Å². The number of fused-ring (bicyclic) bond motifs is 1. The number of aromatic nitrogens is 1. The van der Waals surface area contributed by atoms with E-state index < -0.39 is 0 Å². The van der Waals surface area contributed by atoms with Crippen molar-refractivity contribution in [2.75, 3.05) is 7.11 Å². The van der Waals surface area contributed by atoms with Crippen molar-refractivity contribution in [1.82, 2.24) is 4.98 Å². The lowest BCUT2D eigenvalue weighted by atomic mass is 9.94. The van der Waals surface area contributed by atoms with E-state index in [-0.39, 0.29) is 5.92 Å². The number of benzene rings is 2. The fraction of sp³-hybridized carbons (Fsp3) is 0.182. The Kier molecular flexibility index (Phi) is 4.17. The minimum absolute atomic E-state index is 0.00207. The summed E-state index contributed by atoms with van der Waals surface area (Å²) in [5.41, 5.74) is 12.5. The van der Waals surface area contributed by atoms with Gasteiger partial charge in [-0.05, 0) is 42.2 Å². The Hall–Kier alpha value is -3.14. The molecule has 130 valence electrons. The number of hydrogen-bond donors (Lipinski definition) is 1. The van der Waals surface area contributed by atoms with Crippen LogP contribution in [0, 0.1) is 6.92 Å². The Morgan fingerprint density at radius 2 is 1.85 bits per heavy atom. The Morgan fingerprint density at radius 1 is 1.04 bits per heavy atom. The zero-order valence-corrected chi connectivity index (χ0v) is 14.9. The molecule has 1 atom stereocenters. The molecule has 0 aliphatic carbocycles. The second-order valence-corrected chi connectivity index (χ2v) is 6.59. The number of methoxy groups -OCH3 is 1. The third-order valence-electron chi connectivity index (χ3n) is 4.85. The molecule has 4 nitrogen and oxygen atoms in total. The number of hydrogen-bond acceptors (Lipinski definition) is 4. The standard InChI is InChI=1S/C22H21N3O/c1-14-8-9-15(11-20(14)26-2)10-18-21-19(25-22(18)23)12-17(13-24-21)16-6-4-3-5-7-16/h3-9,11-13,18H,10H2,1-2H3,(H2,23,25). The van der Waals surface area contributed by atoms with Crippen molar-refractivity contribution >= 4 is 11.5 Å². The Balaban J connectivity index is 1.64. The van der Waals surface area contributed by atoms with Crippen LogP contribution in [0.5, 0.6) is 5.75 Å². The number of aliphatic imine (C=N–C) groups is 1. The van der Waals surface area contributed by atoms with Crippen LogP contribution in [0.2, 0.25) is 0 Å². The molecule has 0 saturated heterocycles. The number of ether oxygens (including phenoxy) is 1. The number of nitrogens with two attached hydrogens (primary N) is 1. The third-order valence-corrected chi connectivity index (χ3v) is 4.85. The summed E-state index contributed by atoms with van der Waals surface area (Å²) in [6, 6.07) is 18.5. The number of aryl methyl sites for hydroxylation is 1. The first-order valence-corrected chi connectivity index (χ1v) is 8.68. The van der Waals surface area contributed by atoms with Gasteiger partial charge in [-0.3, -0.25) is 4.98 Å². The van der Waals surface area contributed by atoms with Crippen LogP contribution in [0.4, 0.5) is 5.69 Å². The van der Waals surface area contributed by atoms with Crippen LogP contribution in [0.3, 0.4) is 0 Å². The van der Waals surface area contributed by atoms with Crippen LogP contribution in [0.15, 0.2) is 65.8 Å². The van der Waals surface area contributed by atoms with Gasteiger partial charge in [-0.15, -0.1) is 0 Å². The van der Waals surface area contributed by atoms with Gasteiger partial charge in [-0.1, -0.05) is 42.5 Å². The van der Waals surface area contributed by atoms with E-state index in [1.165, 1.54) is 0 Å². The molecule has 2 N–H and O–H groups in total. The maximum Gasteiger partial charge on any atom is 0.122 e. The highest BCUT2D eigenvalue weighted by molar-refractivity contribution is 5.95. The lowest BCUT2D eigenvalue weighted by molar-refractivity contribution is 0.411. The van der Waals surface area contributed by atoms with Crippen molar-refractivity contribution in [3.8, 4) is 16.9 Å². The smallest absolute Gasteiger partial charge is 0.122 e. The predicted octanol–water partition coefficient (Wildman–Crippen LogP) is 4.39. The van der Waals surface area contributed by atoms with Gasteiger partial charge in [0.15, 0.2) is 0 Å². The van der Waals surface area contributed by atoms with Crippen LogP contribution in [-0.2, 0) is 6.42 Å². The molecule has 0 saturated carbocycles. The molecular formula is C22H21N3O. The Morgan fingerprint density at radius 3 is 2.62 bits per heavy atom. The summed E-state index contributed by atoms with van der Waals surface area (Å²) in [6.45, 7) is 2.04. The molecule has 0 fully saturated rings. The Labute approximate surface area is 153 Å². The van der Waals surface area contributed by atoms with E-state index in [2.05, 4.69) is 41.4 Å². The first-order chi connectivity index (χ1) is 12.7. The van der Waals surface area contributed by atoms with Gasteiger partial charge < -0.3 is 10.5 Å². The molecule has 1 unspecified atom stereocenters. The van der Waals surface area contributed by atoms with Crippen molar-refractivity contribution < 1.29 is 4.74 Å².